The number of carbonyl (C=O) groups is 3. The Labute approximate surface area is 144 Å². The molecule has 3 N–H and O–H groups in total. The Morgan fingerprint density at radius 1 is 1.04 bits per heavy atom. The van der Waals surface area contributed by atoms with E-state index in [0.29, 0.717) is 0 Å². The van der Waals surface area contributed by atoms with E-state index in [1.165, 1.54) is 0 Å². The van der Waals surface area contributed by atoms with Gasteiger partial charge in [0.2, 0.25) is 0 Å². The van der Waals surface area contributed by atoms with E-state index in [0.717, 1.165) is 11.3 Å². The van der Waals surface area contributed by atoms with Crippen molar-refractivity contribution < 1.29 is 28.6 Å². The fraction of sp³-hybridized carbons (Fsp3) is 0.533. The number of ether oxygens (including phenoxy) is 3. The van der Waals surface area contributed by atoms with Crippen molar-refractivity contribution in [3.8, 4) is 0 Å². The number of rotatable bonds is 5. The molecule has 1 heterocycles. The molecule has 1 aromatic heterocycles. The van der Waals surface area contributed by atoms with Gasteiger partial charge in [0.1, 0.15) is 26.7 Å². The molecule has 0 bridgehead atoms. The minimum absolute atomic E-state index is 0.0440. The van der Waals surface area contributed by atoms with Gasteiger partial charge < -0.3 is 19.9 Å². The highest BCUT2D eigenvalue weighted by atomic mass is 32.1. The Kier molecular flexibility index (Phi) is 6.59. The van der Waals surface area contributed by atoms with E-state index in [1.54, 1.807) is 34.6 Å². The van der Waals surface area contributed by atoms with Crippen LogP contribution in [0.4, 0.5) is 14.8 Å². The summed E-state index contributed by atoms with van der Waals surface area (Å²) in [6.07, 6.45) is -0.773. The van der Waals surface area contributed by atoms with E-state index in [-0.39, 0.29) is 34.3 Å². The second-order valence-electron chi connectivity index (χ2n) is 5.61. The minimum atomic E-state index is -0.778. The molecule has 1 rings (SSSR count). The SMILES string of the molecule is CCOC(=O)c1c(N)sc(NC(=O)OC(C)(C)C)c1C(=O)OCC. The van der Waals surface area contributed by atoms with Crippen molar-refractivity contribution >= 4 is 39.4 Å². The van der Waals surface area contributed by atoms with Gasteiger partial charge in [0.15, 0.2) is 0 Å². The smallest absolute Gasteiger partial charge is 0.412 e. The van der Waals surface area contributed by atoms with E-state index in [4.69, 9.17) is 19.9 Å². The Morgan fingerprint density at radius 3 is 2.00 bits per heavy atom. The Balaban J connectivity index is 3.24. The lowest BCUT2D eigenvalue weighted by molar-refractivity contribution is 0.0481. The van der Waals surface area contributed by atoms with E-state index >= 15 is 0 Å². The predicted octanol–water partition coefficient (Wildman–Crippen LogP) is 3.03. The molecule has 24 heavy (non-hydrogen) atoms. The van der Waals surface area contributed by atoms with E-state index in [1.807, 2.05) is 0 Å². The summed E-state index contributed by atoms with van der Waals surface area (Å²) in [5.74, 6) is -1.54. The van der Waals surface area contributed by atoms with Gasteiger partial charge in [0.25, 0.3) is 0 Å². The van der Waals surface area contributed by atoms with Gasteiger partial charge in [0.05, 0.1) is 13.2 Å². The molecular weight excluding hydrogens is 336 g/mol. The largest absolute Gasteiger partial charge is 0.462 e. The molecule has 0 radical (unpaired) electrons. The maximum atomic E-state index is 12.2. The van der Waals surface area contributed by atoms with Crippen molar-refractivity contribution in [1.82, 2.24) is 0 Å². The molecule has 0 saturated heterocycles. The molecule has 9 heteroatoms. The molecular formula is C15H22N2O6S. The quantitative estimate of drug-likeness (QED) is 0.613. The monoisotopic (exact) mass is 358 g/mol. The van der Waals surface area contributed by atoms with Crippen LogP contribution in [0.15, 0.2) is 0 Å². The number of thiophene rings is 1. The third-order valence-electron chi connectivity index (χ3n) is 2.51. The Bertz CT molecular complexity index is 633. The van der Waals surface area contributed by atoms with Gasteiger partial charge >= 0.3 is 18.0 Å². The van der Waals surface area contributed by atoms with Crippen molar-refractivity contribution in [2.45, 2.75) is 40.2 Å². The maximum absolute atomic E-state index is 12.2. The van der Waals surface area contributed by atoms with Crippen LogP contribution in [-0.2, 0) is 14.2 Å². The number of hydrogen-bond donors (Lipinski definition) is 2. The molecule has 8 nitrogen and oxygen atoms in total. The zero-order chi connectivity index (χ0) is 18.5. The van der Waals surface area contributed by atoms with Gasteiger partial charge in [-0.3, -0.25) is 5.32 Å². The number of nitrogen functional groups attached to an aromatic ring is 1. The average molecular weight is 358 g/mol. The first-order valence-electron chi connectivity index (χ1n) is 7.37. The fourth-order valence-corrected chi connectivity index (χ4v) is 2.67. The number of carbonyl (C=O) groups excluding carboxylic acids is 3. The molecule has 0 unspecified atom stereocenters. The topological polar surface area (TPSA) is 117 Å². The van der Waals surface area contributed by atoms with Crippen LogP contribution in [0, 0.1) is 0 Å². The van der Waals surface area contributed by atoms with E-state index < -0.39 is 23.6 Å². The van der Waals surface area contributed by atoms with Crippen molar-refractivity contribution in [3.63, 3.8) is 0 Å². The van der Waals surface area contributed by atoms with Gasteiger partial charge in [-0.05, 0) is 34.6 Å². The summed E-state index contributed by atoms with van der Waals surface area (Å²) in [6, 6.07) is 0. The third-order valence-corrected chi connectivity index (χ3v) is 3.44. The number of amides is 1. The molecule has 134 valence electrons. The molecule has 0 aliphatic heterocycles. The molecule has 0 aliphatic rings. The zero-order valence-corrected chi connectivity index (χ0v) is 15.2. The van der Waals surface area contributed by atoms with Crippen LogP contribution in [0.3, 0.4) is 0 Å². The lowest BCUT2D eigenvalue weighted by Gasteiger charge is -2.19. The fourth-order valence-electron chi connectivity index (χ4n) is 1.74. The summed E-state index contributed by atoms with van der Waals surface area (Å²) in [6.45, 7) is 8.57. The van der Waals surface area contributed by atoms with Gasteiger partial charge in [0, 0.05) is 0 Å². The van der Waals surface area contributed by atoms with Crippen molar-refractivity contribution in [1.29, 1.82) is 0 Å². The van der Waals surface area contributed by atoms with Crippen LogP contribution < -0.4 is 11.1 Å². The molecule has 1 amide bonds. The predicted molar refractivity (Wildman–Crippen MR) is 90.5 cm³/mol. The normalized spacial score (nSPS) is 10.9. The highest BCUT2D eigenvalue weighted by molar-refractivity contribution is 7.20. The van der Waals surface area contributed by atoms with Crippen LogP contribution in [0.2, 0.25) is 0 Å². The maximum Gasteiger partial charge on any atom is 0.412 e. The second kappa shape index (κ2) is 8.00. The van der Waals surface area contributed by atoms with Crippen LogP contribution >= 0.6 is 11.3 Å². The summed E-state index contributed by atoms with van der Waals surface area (Å²) in [4.78, 5) is 36.2. The first-order chi connectivity index (χ1) is 11.1. The molecule has 0 aromatic carbocycles. The first kappa shape index (κ1) is 19.8. The third kappa shape index (κ3) is 5.12. The summed E-state index contributed by atoms with van der Waals surface area (Å²) < 4.78 is 15.0. The molecule has 0 spiro atoms. The standard InChI is InChI=1S/C15H22N2O6S/c1-6-21-12(18)8-9(13(19)22-7-2)11(24-10(8)16)17-14(20)23-15(3,4)5/h6-7,16H2,1-5H3,(H,17,20). The van der Waals surface area contributed by atoms with Crippen molar-refractivity contribution in [2.75, 3.05) is 24.3 Å². The first-order valence-corrected chi connectivity index (χ1v) is 8.18. The van der Waals surface area contributed by atoms with Gasteiger partial charge in [-0.25, -0.2) is 14.4 Å². The lowest BCUT2D eigenvalue weighted by Crippen LogP contribution is -2.27. The Hall–Kier alpha value is -2.29. The molecule has 0 aliphatic carbocycles. The van der Waals surface area contributed by atoms with Crippen LogP contribution in [-0.4, -0.2) is 36.8 Å². The van der Waals surface area contributed by atoms with Crippen LogP contribution in [0.25, 0.3) is 0 Å². The lowest BCUT2D eigenvalue weighted by atomic mass is 10.1. The minimum Gasteiger partial charge on any atom is -0.462 e. The number of anilines is 2. The molecule has 0 saturated carbocycles. The van der Waals surface area contributed by atoms with E-state index in [2.05, 4.69) is 5.32 Å². The summed E-state index contributed by atoms with van der Waals surface area (Å²) in [7, 11) is 0. The van der Waals surface area contributed by atoms with Crippen molar-refractivity contribution in [3.05, 3.63) is 11.1 Å². The highest BCUT2D eigenvalue weighted by Crippen LogP contribution is 2.37. The highest BCUT2D eigenvalue weighted by Gasteiger charge is 2.31. The van der Waals surface area contributed by atoms with Gasteiger partial charge in [-0.15, -0.1) is 0 Å². The summed E-state index contributed by atoms with van der Waals surface area (Å²) in [5, 5.41) is 2.55. The average Bonchev–Trinajstić information content (AvgIpc) is 2.73. The molecule has 0 fully saturated rings. The van der Waals surface area contributed by atoms with Crippen molar-refractivity contribution in [2.24, 2.45) is 0 Å². The zero-order valence-electron chi connectivity index (χ0n) is 14.3. The number of hydrogen-bond acceptors (Lipinski definition) is 8. The second-order valence-corrected chi connectivity index (χ2v) is 6.67. The van der Waals surface area contributed by atoms with E-state index in [9.17, 15) is 14.4 Å². The number of nitrogens with two attached hydrogens (primary N) is 1. The summed E-state index contributed by atoms with van der Waals surface area (Å²) >= 11 is 0.868. The van der Waals surface area contributed by atoms with Crippen LogP contribution in [0.1, 0.15) is 55.3 Å². The number of nitrogens with one attached hydrogen (secondary N) is 1. The summed E-state index contributed by atoms with van der Waals surface area (Å²) in [5.41, 5.74) is 4.85. The van der Waals surface area contributed by atoms with Gasteiger partial charge in [-0.2, -0.15) is 0 Å². The number of esters is 2. The Morgan fingerprint density at radius 2 is 1.54 bits per heavy atom. The molecule has 0 atom stereocenters. The van der Waals surface area contributed by atoms with Crippen LogP contribution in [0.5, 0.6) is 0 Å². The molecule has 1 aromatic rings. The van der Waals surface area contributed by atoms with Gasteiger partial charge in [-0.1, -0.05) is 11.3 Å².